The SMILES string of the molecule is O=C(Cl)c1ccc(-c2nc3ccccc3o2)cc1. The van der Waals surface area contributed by atoms with E-state index in [1.165, 1.54) is 0 Å². The maximum atomic E-state index is 11.0. The molecule has 0 spiro atoms. The second-order valence-electron chi connectivity index (χ2n) is 3.84. The van der Waals surface area contributed by atoms with Gasteiger partial charge in [0.2, 0.25) is 5.89 Å². The lowest BCUT2D eigenvalue weighted by atomic mass is 10.1. The van der Waals surface area contributed by atoms with Crippen LogP contribution in [0.3, 0.4) is 0 Å². The van der Waals surface area contributed by atoms with Gasteiger partial charge < -0.3 is 4.42 Å². The van der Waals surface area contributed by atoms with E-state index in [2.05, 4.69) is 4.98 Å². The monoisotopic (exact) mass is 257 g/mol. The molecular formula is C14H8ClNO2. The van der Waals surface area contributed by atoms with Crippen molar-refractivity contribution < 1.29 is 9.21 Å². The van der Waals surface area contributed by atoms with Gasteiger partial charge in [0, 0.05) is 11.1 Å². The lowest BCUT2D eigenvalue weighted by molar-refractivity contribution is 0.108. The Morgan fingerprint density at radius 1 is 1.06 bits per heavy atom. The predicted octanol–water partition coefficient (Wildman–Crippen LogP) is 3.87. The summed E-state index contributed by atoms with van der Waals surface area (Å²) >= 11 is 5.39. The summed E-state index contributed by atoms with van der Waals surface area (Å²) in [5.41, 5.74) is 2.82. The number of hydrogen-bond acceptors (Lipinski definition) is 3. The minimum Gasteiger partial charge on any atom is -0.436 e. The molecule has 2 aromatic carbocycles. The van der Waals surface area contributed by atoms with Crippen molar-refractivity contribution in [2.24, 2.45) is 0 Å². The third-order valence-electron chi connectivity index (χ3n) is 2.65. The number of halogens is 1. The Bertz CT molecular complexity index is 683. The molecule has 0 atom stereocenters. The highest BCUT2D eigenvalue weighted by Crippen LogP contribution is 2.24. The first kappa shape index (κ1) is 11.0. The molecule has 0 aliphatic rings. The van der Waals surface area contributed by atoms with Gasteiger partial charge in [-0.1, -0.05) is 12.1 Å². The number of oxazole rings is 1. The van der Waals surface area contributed by atoms with Gasteiger partial charge in [-0.25, -0.2) is 4.98 Å². The smallest absolute Gasteiger partial charge is 0.252 e. The van der Waals surface area contributed by atoms with Crippen LogP contribution in [0.5, 0.6) is 0 Å². The van der Waals surface area contributed by atoms with Gasteiger partial charge in [0.1, 0.15) is 5.52 Å². The van der Waals surface area contributed by atoms with Crippen molar-refractivity contribution in [2.75, 3.05) is 0 Å². The Morgan fingerprint density at radius 2 is 1.78 bits per heavy atom. The van der Waals surface area contributed by atoms with E-state index in [1.54, 1.807) is 24.3 Å². The van der Waals surface area contributed by atoms with Crippen molar-refractivity contribution in [1.82, 2.24) is 4.98 Å². The third-order valence-corrected chi connectivity index (χ3v) is 2.87. The van der Waals surface area contributed by atoms with E-state index in [-0.39, 0.29) is 0 Å². The maximum Gasteiger partial charge on any atom is 0.252 e. The first-order valence-electron chi connectivity index (χ1n) is 5.40. The third kappa shape index (κ3) is 1.89. The summed E-state index contributed by atoms with van der Waals surface area (Å²) < 4.78 is 5.63. The van der Waals surface area contributed by atoms with Crippen LogP contribution >= 0.6 is 11.6 Å². The molecule has 0 bridgehead atoms. The summed E-state index contributed by atoms with van der Waals surface area (Å²) in [7, 11) is 0. The van der Waals surface area contributed by atoms with Crippen LogP contribution in [0.4, 0.5) is 0 Å². The number of para-hydroxylation sites is 2. The Morgan fingerprint density at radius 3 is 2.44 bits per heavy atom. The summed E-state index contributed by atoms with van der Waals surface area (Å²) in [6.07, 6.45) is 0. The predicted molar refractivity (Wildman–Crippen MR) is 69.6 cm³/mol. The van der Waals surface area contributed by atoms with Gasteiger partial charge in [0.05, 0.1) is 0 Å². The van der Waals surface area contributed by atoms with Gasteiger partial charge in [0.15, 0.2) is 5.58 Å². The van der Waals surface area contributed by atoms with E-state index in [1.807, 2.05) is 24.3 Å². The molecule has 0 unspecified atom stereocenters. The lowest BCUT2D eigenvalue weighted by Gasteiger charge is -1.96. The first-order valence-corrected chi connectivity index (χ1v) is 5.78. The van der Waals surface area contributed by atoms with Crippen LogP contribution in [0.25, 0.3) is 22.6 Å². The number of rotatable bonds is 2. The first-order chi connectivity index (χ1) is 8.74. The van der Waals surface area contributed by atoms with Crippen LogP contribution in [0.15, 0.2) is 52.9 Å². The van der Waals surface area contributed by atoms with E-state index in [0.717, 1.165) is 16.7 Å². The minimum absolute atomic E-state index is 0.455. The second kappa shape index (κ2) is 4.27. The normalized spacial score (nSPS) is 10.7. The number of fused-ring (bicyclic) bond motifs is 1. The van der Waals surface area contributed by atoms with Crippen molar-refractivity contribution in [3.8, 4) is 11.5 Å². The number of nitrogens with zero attached hydrogens (tertiary/aromatic N) is 1. The number of carbonyl (C=O) groups excluding carboxylic acids is 1. The van der Waals surface area contributed by atoms with Crippen LogP contribution in [0.1, 0.15) is 10.4 Å². The molecule has 0 fully saturated rings. The van der Waals surface area contributed by atoms with Gasteiger partial charge in [-0.05, 0) is 48.0 Å². The topological polar surface area (TPSA) is 43.1 Å². The molecule has 0 amide bonds. The van der Waals surface area contributed by atoms with Gasteiger partial charge in [-0.15, -0.1) is 0 Å². The molecule has 3 aromatic rings. The number of benzene rings is 2. The zero-order chi connectivity index (χ0) is 12.5. The van der Waals surface area contributed by atoms with Gasteiger partial charge >= 0.3 is 0 Å². The number of aromatic nitrogens is 1. The molecule has 3 rings (SSSR count). The van der Waals surface area contributed by atoms with Crippen LogP contribution in [0.2, 0.25) is 0 Å². The van der Waals surface area contributed by atoms with Gasteiger partial charge in [-0.3, -0.25) is 4.79 Å². The fourth-order valence-corrected chi connectivity index (χ4v) is 1.87. The quantitative estimate of drug-likeness (QED) is 0.655. The molecule has 3 nitrogen and oxygen atoms in total. The molecule has 0 radical (unpaired) electrons. The molecule has 0 N–H and O–H groups in total. The molecule has 1 aromatic heterocycles. The molecule has 4 heteroatoms. The van der Waals surface area contributed by atoms with E-state index in [4.69, 9.17) is 16.0 Å². The zero-order valence-electron chi connectivity index (χ0n) is 9.26. The van der Waals surface area contributed by atoms with Crippen molar-refractivity contribution in [3.63, 3.8) is 0 Å². The highest BCUT2D eigenvalue weighted by molar-refractivity contribution is 6.67. The summed E-state index contributed by atoms with van der Waals surface area (Å²) in [5, 5.41) is -0.473. The Labute approximate surface area is 108 Å². The van der Waals surface area contributed by atoms with E-state index >= 15 is 0 Å². The van der Waals surface area contributed by atoms with Crippen molar-refractivity contribution in [3.05, 3.63) is 54.1 Å². The van der Waals surface area contributed by atoms with Gasteiger partial charge in [0.25, 0.3) is 5.24 Å². The fraction of sp³-hybridized carbons (Fsp3) is 0. The number of hydrogen-bond donors (Lipinski definition) is 0. The molecule has 0 saturated carbocycles. The molecule has 18 heavy (non-hydrogen) atoms. The fourth-order valence-electron chi connectivity index (χ4n) is 1.74. The largest absolute Gasteiger partial charge is 0.436 e. The molecule has 1 heterocycles. The Balaban J connectivity index is 2.06. The van der Waals surface area contributed by atoms with Crippen molar-refractivity contribution in [2.45, 2.75) is 0 Å². The number of carbonyl (C=O) groups is 1. The highest BCUT2D eigenvalue weighted by atomic mass is 35.5. The highest BCUT2D eigenvalue weighted by Gasteiger charge is 2.08. The minimum atomic E-state index is -0.473. The zero-order valence-corrected chi connectivity index (χ0v) is 10.0. The van der Waals surface area contributed by atoms with E-state index < -0.39 is 5.24 Å². The molecular weight excluding hydrogens is 250 g/mol. The van der Waals surface area contributed by atoms with E-state index in [9.17, 15) is 4.79 Å². The van der Waals surface area contributed by atoms with Crippen LogP contribution in [0, 0.1) is 0 Å². The van der Waals surface area contributed by atoms with Gasteiger partial charge in [-0.2, -0.15) is 0 Å². The Hall–Kier alpha value is -2.13. The molecule has 88 valence electrons. The second-order valence-corrected chi connectivity index (χ2v) is 4.18. The average Bonchev–Trinajstić information content (AvgIpc) is 2.82. The van der Waals surface area contributed by atoms with Crippen LogP contribution in [-0.2, 0) is 0 Å². The lowest BCUT2D eigenvalue weighted by Crippen LogP contribution is -1.87. The molecule has 0 aliphatic carbocycles. The summed E-state index contributed by atoms with van der Waals surface area (Å²) in [6, 6.07) is 14.4. The standard InChI is InChI=1S/C14H8ClNO2/c15-13(17)9-5-7-10(8-6-9)14-16-11-3-1-2-4-12(11)18-14/h1-8H. The van der Waals surface area contributed by atoms with Crippen LogP contribution in [-0.4, -0.2) is 10.2 Å². The van der Waals surface area contributed by atoms with Crippen molar-refractivity contribution >= 4 is 27.9 Å². The summed E-state index contributed by atoms with van der Waals surface area (Å²) in [5.74, 6) is 0.532. The Kier molecular flexibility index (Phi) is 2.61. The summed E-state index contributed by atoms with van der Waals surface area (Å²) in [6.45, 7) is 0. The summed E-state index contributed by atoms with van der Waals surface area (Å²) in [4.78, 5) is 15.3. The van der Waals surface area contributed by atoms with E-state index in [0.29, 0.717) is 11.5 Å². The maximum absolute atomic E-state index is 11.0. The molecule has 0 aliphatic heterocycles. The average molecular weight is 258 g/mol. The van der Waals surface area contributed by atoms with Crippen LogP contribution < -0.4 is 0 Å². The molecule has 0 saturated heterocycles. The van der Waals surface area contributed by atoms with Crippen molar-refractivity contribution in [1.29, 1.82) is 0 Å².